The quantitative estimate of drug-likeness (QED) is 0.276. The molecule has 0 aliphatic carbocycles. The van der Waals surface area contributed by atoms with E-state index < -0.39 is 0 Å². The average molecular weight is 231 g/mol. The molecule has 76 valence electrons. The molecule has 0 heterocycles. The van der Waals surface area contributed by atoms with Crippen LogP contribution in [0.25, 0.3) is 0 Å². The topological polar surface area (TPSA) is 58.6 Å². The van der Waals surface area contributed by atoms with Crippen LogP contribution in [0.2, 0.25) is 5.02 Å². The van der Waals surface area contributed by atoms with Gasteiger partial charge in [-0.15, -0.1) is 11.8 Å². The van der Waals surface area contributed by atoms with E-state index in [1.54, 1.807) is 0 Å². The summed E-state index contributed by atoms with van der Waals surface area (Å²) < 4.78 is 0. The number of nitrogens with two attached hydrogens (primary N) is 1. The number of halogens is 1. The van der Waals surface area contributed by atoms with E-state index in [9.17, 15) is 0 Å². The van der Waals surface area contributed by atoms with Crippen LogP contribution < -0.4 is 5.73 Å². The summed E-state index contributed by atoms with van der Waals surface area (Å²) in [7, 11) is 0. The predicted octanol–water partition coefficient (Wildman–Crippen LogP) is 2.57. The molecule has 5 heteroatoms. The van der Waals surface area contributed by atoms with E-state index in [0.29, 0.717) is 5.02 Å². The van der Waals surface area contributed by atoms with Gasteiger partial charge in [-0.2, -0.15) is 0 Å². The Morgan fingerprint density at radius 3 is 2.57 bits per heavy atom. The molecule has 0 aliphatic heterocycles. The molecule has 1 rings (SSSR count). The van der Waals surface area contributed by atoms with Gasteiger partial charge in [-0.25, -0.2) is 0 Å². The number of rotatable bonds is 3. The fraction of sp³-hybridized carbons (Fsp3) is 0.222. The van der Waals surface area contributed by atoms with Crippen molar-refractivity contribution in [3.63, 3.8) is 0 Å². The second-order valence-corrected chi connectivity index (χ2v) is 4.59. The minimum atomic E-state index is -0.0545. The van der Waals surface area contributed by atoms with Crippen molar-refractivity contribution in [3.8, 4) is 0 Å². The Bertz CT molecular complexity index is 326. The lowest BCUT2D eigenvalue weighted by Gasteiger charge is -2.08. The van der Waals surface area contributed by atoms with Crippen molar-refractivity contribution in [1.29, 1.82) is 0 Å². The molecule has 0 fully saturated rings. The standard InChI is InChI=1S/C9H11ClN2OS/c1-6(9(11)12-13)14-8-4-2-7(10)3-5-8/h2-6,13H,1H3,(H2,11,12). The van der Waals surface area contributed by atoms with Gasteiger partial charge in [0.2, 0.25) is 0 Å². The van der Waals surface area contributed by atoms with Crippen molar-refractivity contribution < 1.29 is 5.21 Å². The Labute approximate surface area is 91.9 Å². The Balaban J connectivity index is 2.65. The van der Waals surface area contributed by atoms with Crippen molar-refractivity contribution in [2.24, 2.45) is 10.9 Å². The Morgan fingerprint density at radius 2 is 2.07 bits per heavy atom. The molecule has 0 aromatic heterocycles. The van der Waals surface area contributed by atoms with Crippen molar-refractivity contribution >= 4 is 29.2 Å². The second-order valence-electron chi connectivity index (χ2n) is 2.74. The number of hydrogen-bond acceptors (Lipinski definition) is 3. The molecule has 1 unspecified atom stereocenters. The summed E-state index contributed by atoms with van der Waals surface area (Å²) in [6, 6.07) is 7.41. The van der Waals surface area contributed by atoms with E-state index in [-0.39, 0.29) is 11.1 Å². The molecule has 0 saturated carbocycles. The molecule has 0 amide bonds. The third-order valence-corrected chi connectivity index (χ3v) is 3.05. The summed E-state index contributed by atoms with van der Waals surface area (Å²) in [5, 5.41) is 12.1. The summed E-state index contributed by atoms with van der Waals surface area (Å²) in [6.07, 6.45) is 0. The smallest absolute Gasteiger partial charge is 0.152 e. The molecule has 0 radical (unpaired) electrons. The van der Waals surface area contributed by atoms with Gasteiger partial charge in [0.15, 0.2) is 5.84 Å². The van der Waals surface area contributed by atoms with Crippen LogP contribution in [-0.4, -0.2) is 16.3 Å². The zero-order chi connectivity index (χ0) is 10.6. The molecule has 0 aliphatic rings. The van der Waals surface area contributed by atoms with Crippen LogP contribution in [0.15, 0.2) is 34.3 Å². The molecule has 3 N–H and O–H groups in total. The molecule has 1 atom stereocenters. The van der Waals surface area contributed by atoms with E-state index in [1.807, 2.05) is 31.2 Å². The summed E-state index contributed by atoms with van der Waals surface area (Å²) >= 11 is 7.25. The van der Waals surface area contributed by atoms with Gasteiger partial charge >= 0.3 is 0 Å². The molecule has 1 aromatic rings. The first kappa shape index (κ1) is 11.2. The summed E-state index contributed by atoms with van der Waals surface area (Å²) in [6.45, 7) is 1.87. The van der Waals surface area contributed by atoms with Crippen LogP contribution in [0.5, 0.6) is 0 Å². The van der Waals surface area contributed by atoms with E-state index in [1.165, 1.54) is 11.8 Å². The van der Waals surface area contributed by atoms with Crippen molar-refractivity contribution in [1.82, 2.24) is 0 Å². The summed E-state index contributed by atoms with van der Waals surface area (Å²) in [4.78, 5) is 1.04. The third-order valence-electron chi connectivity index (χ3n) is 1.66. The van der Waals surface area contributed by atoms with Crippen LogP contribution in [0.3, 0.4) is 0 Å². The van der Waals surface area contributed by atoms with Crippen LogP contribution in [0, 0.1) is 0 Å². The zero-order valence-corrected chi connectivity index (χ0v) is 9.22. The third kappa shape index (κ3) is 3.12. The summed E-state index contributed by atoms with van der Waals surface area (Å²) in [5.74, 6) is 0.213. The molecule has 3 nitrogen and oxygen atoms in total. The van der Waals surface area contributed by atoms with Crippen LogP contribution in [0.1, 0.15) is 6.92 Å². The molecular weight excluding hydrogens is 220 g/mol. The number of nitrogens with zero attached hydrogens (tertiary/aromatic N) is 1. The minimum Gasteiger partial charge on any atom is -0.409 e. The first-order chi connectivity index (χ1) is 6.63. The van der Waals surface area contributed by atoms with Gasteiger partial charge in [-0.05, 0) is 31.2 Å². The monoisotopic (exact) mass is 230 g/mol. The molecular formula is C9H11ClN2OS. The van der Waals surface area contributed by atoms with Gasteiger partial charge in [0.05, 0.1) is 5.25 Å². The zero-order valence-electron chi connectivity index (χ0n) is 7.64. The molecule has 0 bridgehead atoms. The molecule has 1 aromatic carbocycles. The Hall–Kier alpha value is -0.870. The van der Waals surface area contributed by atoms with Gasteiger partial charge in [0.1, 0.15) is 0 Å². The lowest BCUT2D eigenvalue weighted by Crippen LogP contribution is -2.23. The minimum absolute atomic E-state index is 0.0545. The van der Waals surface area contributed by atoms with Crippen LogP contribution >= 0.6 is 23.4 Å². The first-order valence-corrected chi connectivity index (χ1v) is 5.29. The highest BCUT2D eigenvalue weighted by atomic mass is 35.5. The Kier molecular flexibility index (Phi) is 4.10. The van der Waals surface area contributed by atoms with Crippen molar-refractivity contribution in [2.45, 2.75) is 17.1 Å². The highest BCUT2D eigenvalue weighted by Crippen LogP contribution is 2.24. The second kappa shape index (κ2) is 5.12. The first-order valence-electron chi connectivity index (χ1n) is 4.03. The predicted molar refractivity (Wildman–Crippen MR) is 60.2 cm³/mol. The highest BCUT2D eigenvalue weighted by Gasteiger charge is 2.08. The van der Waals surface area contributed by atoms with Crippen molar-refractivity contribution in [3.05, 3.63) is 29.3 Å². The average Bonchev–Trinajstić information content (AvgIpc) is 2.20. The number of amidine groups is 1. The van der Waals surface area contributed by atoms with Crippen molar-refractivity contribution in [2.75, 3.05) is 0 Å². The maximum absolute atomic E-state index is 8.46. The van der Waals surface area contributed by atoms with Crippen LogP contribution in [0.4, 0.5) is 0 Å². The molecule has 0 saturated heterocycles. The van der Waals surface area contributed by atoms with Gasteiger partial charge < -0.3 is 10.9 Å². The maximum Gasteiger partial charge on any atom is 0.152 e. The number of hydrogen-bond donors (Lipinski definition) is 2. The van der Waals surface area contributed by atoms with E-state index in [0.717, 1.165) is 4.90 Å². The van der Waals surface area contributed by atoms with E-state index >= 15 is 0 Å². The van der Waals surface area contributed by atoms with E-state index in [4.69, 9.17) is 22.5 Å². The van der Waals surface area contributed by atoms with E-state index in [2.05, 4.69) is 5.16 Å². The SMILES string of the molecule is CC(Sc1ccc(Cl)cc1)/C(N)=N/O. The lowest BCUT2D eigenvalue weighted by molar-refractivity contribution is 0.317. The van der Waals surface area contributed by atoms with Gasteiger partial charge in [0, 0.05) is 9.92 Å². The number of oxime groups is 1. The van der Waals surface area contributed by atoms with Gasteiger partial charge in [-0.3, -0.25) is 0 Å². The number of benzene rings is 1. The van der Waals surface area contributed by atoms with Gasteiger partial charge in [0.25, 0.3) is 0 Å². The van der Waals surface area contributed by atoms with Gasteiger partial charge in [-0.1, -0.05) is 16.8 Å². The largest absolute Gasteiger partial charge is 0.409 e. The normalized spacial score (nSPS) is 14.0. The Morgan fingerprint density at radius 1 is 1.50 bits per heavy atom. The van der Waals surface area contributed by atoms with Crippen LogP contribution in [-0.2, 0) is 0 Å². The maximum atomic E-state index is 8.46. The molecule has 0 spiro atoms. The highest BCUT2D eigenvalue weighted by molar-refractivity contribution is 8.00. The fourth-order valence-electron chi connectivity index (χ4n) is 0.859. The summed E-state index contributed by atoms with van der Waals surface area (Å²) in [5.41, 5.74) is 5.45. The lowest BCUT2D eigenvalue weighted by atomic mass is 10.4. The fourth-order valence-corrected chi connectivity index (χ4v) is 1.85. The number of thioether (sulfide) groups is 1. The molecule has 14 heavy (non-hydrogen) atoms.